The molecular weight excluding hydrogens is 398 g/mol. The summed E-state index contributed by atoms with van der Waals surface area (Å²) in [4.78, 5) is 6.57. The van der Waals surface area contributed by atoms with Gasteiger partial charge in [0.05, 0.1) is 7.11 Å². The topological polar surface area (TPSA) is 61.8 Å². The molecule has 4 aromatic rings. The summed E-state index contributed by atoms with van der Waals surface area (Å²) in [6.07, 6.45) is 1.71. The highest BCUT2D eigenvalue weighted by atomic mass is 16.5. The van der Waals surface area contributed by atoms with Crippen molar-refractivity contribution in [3.8, 4) is 34.3 Å². The number of benzene rings is 3. The maximum atomic E-state index is 10.0. The Balaban J connectivity index is 1.81. The number of ether oxygens (including phenoxy) is 1. The van der Waals surface area contributed by atoms with Crippen LogP contribution < -0.4 is 9.64 Å². The fraction of sp³-hybridized carbons (Fsp3) is 0.111. The first kappa shape index (κ1) is 21.0. The molecule has 4 rings (SSSR count). The smallest absolute Gasteiger partial charge is 0.238 e. The van der Waals surface area contributed by atoms with Crippen molar-refractivity contribution in [1.82, 2.24) is 0 Å². The van der Waals surface area contributed by atoms with Crippen molar-refractivity contribution in [2.24, 2.45) is 4.99 Å². The highest BCUT2D eigenvalue weighted by molar-refractivity contribution is 5.90. The van der Waals surface area contributed by atoms with Crippen LogP contribution in [0.4, 0.5) is 11.6 Å². The third-order valence-corrected chi connectivity index (χ3v) is 5.16. The van der Waals surface area contributed by atoms with Crippen LogP contribution in [0.15, 0.2) is 88.3 Å². The molecule has 0 N–H and O–H groups in total. The van der Waals surface area contributed by atoms with Gasteiger partial charge in [0.25, 0.3) is 0 Å². The van der Waals surface area contributed by atoms with E-state index < -0.39 is 0 Å². The molecule has 0 unspecified atom stereocenters. The summed E-state index contributed by atoms with van der Waals surface area (Å²) in [5.41, 5.74) is 4.88. The first-order valence-corrected chi connectivity index (χ1v) is 10.2. The highest BCUT2D eigenvalue weighted by Crippen LogP contribution is 2.42. The lowest BCUT2D eigenvalue weighted by molar-refractivity contribution is 0.415. The SMILES string of the molecule is COc1ccc(-c2c(-c3ccccc3)oc(N=Cc3ccc(N(C)C)cc3)c2C#N)cc1. The third-order valence-electron chi connectivity index (χ3n) is 5.16. The molecule has 0 aliphatic carbocycles. The minimum Gasteiger partial charge on any atom is -0.497 e. The molecule has 0 aliphatic heterocycles. The Morgan fingerprint density at radius 1 is 0.906 bits per heavy atom. The molecule has 0 amide bonds. The maximum Gasteiger partial charge on any atom is 0.238 e. The molecule has 158 valence electrons. The van der Waals surface area contributed by atoms with Crippen molar-refractivity contribution in [3.63, 3.8) is 0 Å². The largest absolute Gasteiger partial charge is 0.497 e. The van der Waals surface area contributed by atoms with Crippen LogP contribution in [-0.4, -0.2) is 27.4 Å². The average Bonchev–Trinajstić information content (AvgIpc) is 3.22. The van der Waals surface area contributed by atoms with Gasteiger partial charge in [0, 0.05) is 37.1 Å². The van der Waals surface area contributed by atoms with Crippen molar-refractivity contribution >= 4 is 17.8 Å². The Bertz CT molecular complexity index is 1260. The number of nitrogens with zero attached hydrogens (tertiary/aromatic N) is 3. The molecule has 0 atom stereocenters. The molecule has 0 bridgehead atoms. The van der Waals surface area contributed by atoms with Crippen LogP contribution in [-0.2, 0) is 0 Å². The quantitative estimate of drug-likeness (QED) is 0.342. The zero-order chi connectivity index (χ0) is 22.5. The van der Waals surface area contributed by atoms with Crippen molar-refractivity contribution in [3.05, 3.63) is 90.0 Å². The van der Waals surface area contributed by atoms with E-state index in [1.165, 1.54) is 0 Å². The predicted octanol–water partition coefficient (Wildman–Crippen LogP) is 6.31. The second-order valence-corrected chi connectivity index (χ2v) is 7.44. The van der Waals surface area contributed by atoms with E-state index in [2.05, 4.69) is 11.1 Å². The van der Waals surface area contributed by atoms with Crippen LogP contribution in [0.5, 0.6) is 5.75 Å². The fourth-order valence-electron chi connectivity index (χ4n) is 3.43. The van der Waals surface area contributed by atoms with Crippen LogP contribution in [0.2, 0.25) is 0 Å². The van der Waals surface area contributed by atoms with Crippen LogP contribution in [0.3, 0.4) is 0 Å². The van der Waals surface area contributed by atoms with Gasteiger partial charge in [0.1, 0.15) is 23.1 Å². The van der Waals surface area contributed by atoms with E-state index in [0.29, 0.717) is 11.3 Å². The minimum absolute atomic E-state index is 0.286. The Kier molecular flexibility index (Phi) is 6.05. The molecule has 3 aromatic carbocycles. The van der Waals surface area contributed by atoms with Gasteiger partial charge in [0.15, 0.2) is 0 Å². The van der Waals surface area contributed by atoms with Crippen molar-refractivity contribution in [2.75, 3.05) is 26.1 Å². The number of nitriles is 1. The molecule has 5 nitrogen and oxygen atoms in total. The molecule has 0 radical (unpaired) electrons. The maximum absolute atomic E-state index is 10.0. The number of hydrogen-bond acceptors (Lipinski definition) is 5. The standard InChI is InChI=1S/C27H23N3O2/c1-30(2)22-13-9-19(10-14-22)18-29-27-24(17-28)25(20-11-15-23(31-3)16-12-20)26(32-27)21-7-5-4-6-8-21/h4-16,18H,1-3H3. The molecule has 1 aromatic heterocycles. The van der Waals surface area contributed by atoms with Gasteiger partial charge in [-0.05, 0) is 35.4 Å². The number of furan rings is 1. The van der Waals surface area contributed by atoms with E-state index >= 15 is 0 Å². The van der Waals surface area contributed by atoms with Crippen molar-refractivity contribution < 1.29 is 9.15 Å². The molecule has 0 aliphatic rings. The number of hydrogen-bond donors (Lipinski definition) is 0. The summed E-state index contributed by atoms with van der Waals surface area (Å²) in [5, 5.41) is 10.0. The van der Waals surface area contributed by atoms with Gasteiger partial charge in [-0.25, -0.2) is 4.99 Å². The third kappa shape index (κ3) is 4.26. The van der Waals surface area contributed by atoms with Gasteiger partial charge in [-0.2, -0.15) is 5.26 Å². The van der Waals surface area contributed by atoms with E-state index in [-0.39, 0.29) is 5.88 Å². The second kappa shape index (κ2) is 9.23. The van der Waals surface area contributed by atoms with Gasteiger partial charge >= 0.3 is 0 Å². The van der Waals surface area contributed by atoms with Crippen LogP contribution in [0.1, 0.15) is 11.1 Å². The van der Waals surface area contributed by atoms with Crippen LogP contribution in [0, 0.1) is 11.3 Å². The Labute approximate surface area is 187 Å². The summed E-state index contributed by atoms with van der Waals surface area (Å²) in [6.45, 7) is 0. The molecule has 0 spiro atoms. The lowest BCUT2D eigenvalue weighted by atomic mass is 9.98. The average molecular weight is 422 g/mol. The van der Waals surface area contributed by atoms with E-state index in [1.54, 1.807) is 13.3 Å². The molecular formula is C27H23N3O2. The lowest BCUT2D eigenvalue weighted by Crippen LogP contribution is -2.08. The van der Waals surface area contributed by atoms with Gasteiger partial charge in [-0.1, -0.05) is 54.6 Å². The van der Waals surface area contributed by atoms with Gasteiger partial charge in [-0.3, -0.25) is 0 Å². The number of anilines is 1. The molecule has 0 saturated carbocycles. The Morgan fingerprint density at radius 3 is 2.19 bits per heavy atom. The van der Waals surface area contributed by atoms with Gasteiger partial charge < -0.3 is 14.1 Å². The van der Waals surface area contributed by atoms with E-state index in [9.17, 15) is 5.26 Å². The lowest BCUT2D eigenvalue weighted by Gasteiger charge is -2.11. The highest BCUT2D eigenvalue weighted by Gasteiger charge is 2.22. The minimum atomic E-state index is 0.286. The van der Waals surface area contributed by atoms with Crippen LogP contribution >= 0.6 is 0 Å². The number of methoxy groups -OCH3 is 1. The number of rotatable bonds is 6. The van der Waals surface area contributed by atoms with Crippen molar-refractivity contribution in [1.29, 1.82) is 5.26 Å². The molecule has 1 heterocycles. The normalized spacial score (nSPS) is 10.8. The van der Waals surface area contributed by atoms with E-state index in [1.807, 2.05) is 97.9 Å². The summed E-state index contributed by atoms with van der Waals surface area (Å²) in [5.74, 6) is 1.65. The molecule has 0 saturated heterocycles. The zero-order valence-electron chi connectivity index (χ0n) is 18.2. The predicted molar refractivity (Wildman–Crippen MR) is 129 cm³/mol. The Hall–Kier alpha value is -4.30. The molecule has 5 heteroatoms. The van der Waals surface area contributed by atoms with Gasteiger partial charge in [-0.15, -0.1) is 0 Å². The van der Waals surface area contributed by atoms with E-state index in [0.717, 1.165) is 33.7 Å². The summed E-state index contributed by atoms with van der Waals surface area (Å²) < 4.78 is 11.4. The fourth-order valence-corrected chi connectivity index (χ4v) is 3.43. The first-order chi connectivity index (χ1) is 15.6. The van der Waals surface area contributed by atoms with Gasteiger partial charge in [0.2, 0.25) is 5.88 Å². The summed E-state index contributed by atoms with van der Waals surface area (Å²) in [6, 6.07) is 27.6. The number of aliphatic imine (C=N–C) groups is 1. The summed E-state index contributed by atoms with van der Waals surface area (Å²) >= 11 is 0. The zero-order valence-corrected chi connectivity index (χ0v) is 18.2. The van der Waals surface area contributed by atoms with Crippen molar-refractivity contribution in [2.45, 2.75) is 0 Å². The summed E-state index contributed by atoms with van der Waals surface area (Å²) in [7, 11) is 5.62. The van der Waals surface area contributed by atoms with E-state index in [4.69, 9.17) is 9.15 Å². The second-order valence-electron chi connectivity index (χ2n) is 7.44. The molecule has 0 fully saturated rings. The Morgan fingerprint density at radius 2 is 1.59 bits per heavy atom. The first-order valence-electron chi connectivity index (χ1n) is 10.2. The van der Waals surface area contributed by atoms with Crippen LogP contribution in [0.25, 0.3) is 22.5 Å². The molecule has 32 heavy (non-hydrogen) atoms. The monoisotopic (exact) mass is 421 g/mol.